The Morgan fingerprint density at radius 3 is 2.17 bits per heavy atom. The van der Waals surface area contributed by atoms with Gasteiger partial charge < -0.3 is 5.73 Å². The van der Waals surface area contributed by atoms with E-state index in [9.17, 15) is 0 Å². The molecule has 0 aliphatic carbocycles. The van der Waals surface area contributed by atoms with Crippen LogP contribution in [0.15, 0.2) is 54.6 Å². The van der Waals surface area contributed by atoms with Crippen molar-refractivity contribution in [3.63, 3.8) is 0 Å². The van der Waals surface area contributed by atoms with Gasteiger partial charge in [-0.1, -0.05) is 68.4 Å². The molecule has 1 nitrogen and oxygen atoms in total. The molecule has 0 amide bonds. The van der Waals surface area contributed by atoms with Crippen LogP contribution in [-0.4, -0.2) is 6.54 Å². The van der Waals surface area contributed by atoms with Gasteiger partial charge in [0.05, 0.1) is 0 Å². The summed E-state index contributed by atoms with van der Waals surface area (Å²) in [7, 11) is 0. The van der Waals surface area contributed by atoms with Gasteiger partial charge in [0.2, 0.25) is 0 Å². The van der Waals surface area contributed by atoms with Crippen LogP contribution in [0.3, 0.4) is 0 Å². The van der Waals surface area contributed by atoms with Crippen LogP contribution in [0.1, 0.15) is 19.4 Å². The summed E-state index contributed by atoms with van der Waals surface area (Å²) in [6.45, 7) is 5.14. The van der Waals surface area contributed by atoms with Crippen molar-refractivity contribution in [1.29, 1.82) is 0 Å². The van der Waals surface area contributed by atoms with Gasteiger partial charge >= 0.3 is 0 Å². The summed E-state index contributed by atoms with van der Waals surface area (Å²) in [4.78, 5) is 0. The van der Waals surface area contributed by atoms with Gasteiger partial charge in [-0.15, -0.1) is 0 Å². The van der Waals surface area contributed by atoms with Crippen LogP contribution in [0.4, 0.5) is 0 Å². The highest BCUT2D eigenvalue weighted by atomic mass is 14.6. The van der Waals surface area contributed by atoms with Gasteiger partial charge in [0, 0.05) is 0 Å². The summed E-state index contributed by atoms with van der Waals surface area (Å²) in [6, 6.07) is 19.1. The molecule has 0 aromatic heterocycles. The lowest BCUT2D eigenvalue weighted by atomic mass is 9.83. The van der Waals surface area contributed by atoms with Crippen molar-refractivity contribution in [2.24, 2.45) is 11.1 Å². The molecule has 2 aromatic rings. The topological polar surface area (TPSA) is 26.0 Å². The van der Waals surface area contributed by atoms with E-state index in [-0.39, 0.29) is 5.41 Å². The minimum atomic E-state index is 0.144. The largest absolute Gasteiger partial charge is 0.330 e. The molecule has 2 aromatic carbocycles. The molecule has 1 heteroatoms. The van der Waals surface area contributed by atoms with Crippen molar-refractivity contribution in [3.8, 4) is 11.1 Å². The van der Waals surface area contributed by atoms with Gasteiger partial charge in [-0.2, -0.15) is 0 Å². The molecule has 0 aliphatic rings. The van der Waals surface area contributed by atoms with Crippen LogP contribution >= 0.6 is 0 Å². The SMILES string of the molecule is CC(C)(CN)Cc1ccccc1-c1ccccc1. The molecule has 2 rings (SSSR count). The number of rotatable bonds is 4. The summed E-state index contributed by atoms with van der Waals surface area (Å²) in [5.41, 5.74) is 9.96. The Balaban J connectivity index is 2.38. The summed E-state index contributed by atoms with van der Waals surface area (Å²) in [5, 5.41) is 0. The maximum absolute atomic E-state index is 5.84. The van der Waals surface area contributed by atoms with Gasteiger partial charge in [-0.25, -0.2) is 0 Å². The van der Waals surface area contributed by atoms with Crippen LogP contribution in [-0.2, 0) is 6.42 Å². The third-order valence-corrected chi connectivity index (χ3v) is 3.32. The van der Waals surface area contributed by atoms with Gasteiger partial charge in [0.1, 0.15) is 0 Å². The van der Waals surface area contributed by atoms with E-state index in [1.807, 2.05) is 0 Å². The van der Waals surface area contributed by atoms with Gasteiger partial charge in [-0.05, 0) is 35.1 Å². The van der Waals surface area contributed by atoms with E-state index in [0.717, 1.165) is 6.42 Å². The zero-order chi connectivity index (χ0) is 13.0. The lowest BCUT2D eigenvalue weighted by molar-refractivity contribution is 0.377. The first-order valence-electron chi connectivity index (χ1n) is 6.46. The van der Waals surface area contributed by atoms with Crippen LogP contribution in [0.25, 0.3) is 11.1 Å². The quantitative estimate of drug-likeness (QED) is 0.861. The normalized spacial score (nSPS) is 11.5. The number of benzene rings is 2. The fourth-order valence-corrected chi connectivity index (χ4v) is 2.16. The van der Waals surface area contributed by atoms with E-state index in [1.165, 1.54) is 16.7 Å². The molecule has 0 radical (unpaired) electrons. The molecule has 0 saturated heterocycles. The summed E-state index contributed by atoms with van der Waals surface area (Å²) in [5.74, 6) is 0. The molecule has 0 heterocycles. The van der Waals surface area contributed by atoms with E-state index in [4.69, 9.17) is 5.73 Å². The molecule has 0 bridgehead atoms. The zero-order valence-electron chi connectivity index (χ0n) is 11.2. The highest BCUT2D eigenvalue weighted by Crippen LogP contribution is 2.29. The molecule has 0 aliphatic heterocycles. The maximum atomic E-state index is 5.84. The molecular weight excluding hydrogens is 218 g/mol. The smallest absolute Gasteiger partial charge is 0.00226 e. The summed E-state index contributed by atoms with van der Waals surface area (Å²) >= 11 is 0. The number of hydrogen-bond acceptors (Lipinski definition) is 1. The monoisotopic (exact) mass is 239 g/mol. The molecule has 18 heavy (non-hydrogen) atoms. The van der Waals surface area contributed by atoms with Crippen molar-refractivity contribution in [1.82, 2.24) is 0 Å². The van der Waals surface area contributed by atoms with E-state index in [2.05, 4.69) is 68.4 Å². The predicted octanol–water partition coefficient (Wildman–Crippen LogP) is 3.88. The average molecular weight is 239 g/mol. The number of nitrogens with two attached hydrogens (primary N) is 1. The standard InChI is InChI=1S/C17H21N/c1-17(2,13-18)12-15-10-6-7-11-16(15)14-8-4-3-5-9-14/h3-11H,12-13,18H2,1-2H3. The molecule has 0 spiro atoms. The Hall–Kier alpha value is -1.60. The minimum Gasteiger partial charge on any atom is -0.330 e. The predicted molar refractivity (Wildman–Crippen MR) is 78.4 cm³/mol. The van der Waals surface area contributed by atoms with Crippen LogP contribution in [0.2, 0.25) is 0 Å². The molecule has 94 valence electrons. The first-order valence-corrected chi connectivity index (χ1v) is 6.46. The molecule has 0 atom stereocenters. The third kappa shape index (κ3) is 2.99. The van der Waals surface area contributed by atoms with E-state index < -0.39 is 0 Å². The first-order chi connectivity index (χ1) is 8.62. The summed E-state index contributed by atoms with van der Waals surface area (Å²) in [6.07, 6.45) is 1.01. The molecular formula is C17H21N. The second-order valence-electron chi connectivity index (χ2n) is 5.57. The van der Waals surface area contributed by atoms with Crippen LogP contribution in [0, 0.1) is 5.41 Å². The zero-order valence-corrected chi connectivity index (χ0v) is 11.2. The van der Waals surface area contributed by atoms with Gasteiger partial charge in [0.25, 0.3) is 0 Å². The Bertz CT molecular complexity index is 500. The Morgan fingerprint density at radius 2 is 1.50 bits per heavy atom. The second kappa shape index (κ2) is 5.36. The van der Waals surface area contributed by atoms with Crippen molar-refractivity contribution in [2.45, 2.75) is 20.3 Å². The Kier molecular flexibility index (Phi) is 3.83. The van der Waals surface area contributed by atoms with E-state index in [0.29, 0.717) is 6.54 Å². The fourth-order valence-electron chi connectivity index (χ4n) is 2.16. The van der Waals surface area contributed by atoms with Crippen molar-refractivity contribution in [2.75, 3.05) is 6.54 Å². The van der Waals surface area contributed by atoms with Crippen LogP contribution in [0.5, 0.6) is 0 Å². The summed E-state index contributed by atoms with van der Waals surface area (Å²) < 4.78 is 0. The maximum Gasteiger partial charge on any atom is -0.00226 e. The van der Waals surface area contributed by atoms with Gasteiger partial charge in [0.15, 0.2) is 0 Å². The minimum absolute atomic E-state index is 0.144. The molecule has 0 fully saturated rings. The average Bonchev–Trinajstić information content (AvgIpc) is 2.40. The van der Waals surface area contributed by atoms with Gasteiger partial charge in [-0.3, -0.25) is 0 Å². The molecule has 0 unspecified atom stereocenters. The van der Waals surface area contributed by atoms with Crippen molar-refractivity contribution < 1.29 is 0 Å². The lowest BCUT2D eigenvalue weighted by Gasteiger charge is -2.24. The molecule has 2 N–H and O–H groups in total. The highest BCUT2D eigenvalue weighted by Gasteiger charge is 2.18. The van der Waals surface area contributed by atoms with E-state index in [1.54, 1.807) is 0 Å². The second-order valence-corrected chi connectivity index (χ2v) is 5.57. The van der Waals surface area contributed by atoms with E-state index >= 15 is 0 Å². The van der Waals surface area contributed by atoms with Crippen molar-refractivity contribution >= 4 is 0 Å². The highest BCUT2D eigenvalue weighted by molar-refractivity contribution is 5.67. The third-order valence-electron chi connectivity index (χ3n) is 3.32. The lowest BCUT2D eigenvalue weighted by Crippen LogP contribution is -2.26. The fraction of sp³-hybridized carbons (Fsp3) is 0.294. The Labute approximate surface area is 110 Å². The first kappa shape index (κ1) is 12.8. The van der Waals surface area contributed by atoms with Crippen LogP contribution < -0.4 is 5.73 Å². The Morgan fingerprint density at radius 1 is 0.889 bits per heavy atom. The molecule has 0 saturated carbocycles. The number of hydrogen-bond donors (Lipinski definition) is 1. The van der Waals surface area contributed by atoms with Crippen molar-refractivity contribution in [3.05, 3.63) is 60.2 Å².